The second-order valence-electron chi connectivity index (χ2n) is 4.96. The summed E-state index contributed by atoms with van der Waals surface area (Å²) in [5.74, 6) is 3.54. The van der Waals surface area contributed by atoms with Gasteiger partial charge in [0, 0.05) is 5.92 Å². The van der Waals surface area contributed by atoms with Crippen LogP contribution in [0.5, 0.6) is 5.75 Å². The van der Waals surface area contributed by atoms with Crippen LogP contribution in [0.25, 0.3) is 10.2 Å². The zero-order valence-corrected chi connectivity index (χ0v) is 12.7. The standard InChI is InChI=1S/C16H16N2O2S/c1-3-9-18-13-8-7-12(20-4-2)10-14(13)21-16(18)17-15(19)11-5-6-11/h1,7-8,10-11H,4-6,9H2,2H3. The summed E-state index contributed by atoms with van der Waals surface area (Å²) in [5.41, 5.74) is 0.990. The minimum atomic E-state index is -0.0302. The fourth-order valence-corrected chi connectivity index (χ4v) is 3.22. The van der Waals surface area contributed by atoms with Crippen molar-refractivity contribution < 1.29 is 9.53 Å². The van der Waals surface area contributed by atoms with Crippen molar-refractivity contribution in [2.75, 3.05) is 6.61 Å². The number of aromatic nitrogens is 1. The first-order valence-electron chi connectivity index (χ1n) is 7.01. The first-order valence-corrected chi connectivity index (χ1v) is 7.82. The van der Waals surface area contributed by atoms with Crippen molar-refractivity contribution in [3.63, 3.8) is 0 Å². The van der Waals surface area contributed by atoms with Gasteiger partial charge in [-0.15, -0.1) is 6.42 Å². The predicted molar refractivity (Wildman–Crippen MR) is 83.1 cm³/mol. The molecule has 1 fully saturated rings. The lowest BCUT2D eigenvalue weighted by atomic mass is 10.3. The number of hydrogen-bond donors (Lipinski definition) is 0. The molecule has 108 valence electrons. The Labute approximate surface area is 127 Å². The molecule has 1 amide bonds. The van der Waals surface area contributed by atoms with Crippen LogP contribution in [-0.2, 0) is 11.3 Å². The van der Waals surface area contributed by atoms with E-state index in [1.807, 2.05) is 29.7 Å². The van der Waals surface area contributed by atoms with Gasteiger partial charge in [0.05, 0.1) is 23.4 Å². The van der Waals surface area contributed by atoms with Gasteiger partial charge >= 0.3 is 0 Å². The Bertz CT molecular complexity index is 791. The molecule has 21 heavy (non-hydrogen) atoms. The zero-order valence-electron chi connectivity index (χ0n) is 11.8. The molecule has 0 spiro atoms. The predicted octanol–water partition coefficient (Wildman–Crippen LogP) is 2.57. The highest BCUT2D eigenvalue weighted by molar-refractivity contribution is 7.16. The normalized spacial score (nSPS) is 15.1. The molecule has 1 aliphatic carbocycles. The van der Waals surface area contributed by atoms with Crippen molar-refractivity contribution in [1.82, 2.24) is 4.57 Å². The first-order chi connectivity index (χ1) is 10.2. The van der Waals surface area contributed by atoms with Gasteiger partial charge in [0.15, 0.2) is 4.80 Å². The van der Waals surface area contributed by atoms with Gasteiger partial charge in [0.25, 0.3) is 5.91 Å². The van der Waals surface area contributed by atoms with E-state index in [0.29, 0.717) is 18.0 Å². The summed E-state index contributed by atoms with van der Waals surface area (Å²) in [4.78, 5) is 16.9. The molecule has 1 aromatic heterocycles. The van der Waals surface area contributed by atoms with Crippen molar-refractivity contribution in [3.8, 4) is 18.1 Å². The number of rotatable bonds is 4. The quantitative estimate of drug-likeness (QED) is 0.815. The zero-order chi connectivity index (χ0) is 14.8. The molecule has 0 radical (unpaired) electrons. The van der Waals surface area contributed by atoms with Gasteiger partial charge in [-0.3, -0.25) is 4.79 Å². The maximum absolute atomic E-state index is 11.9. The minimum absolute atomic E-state index is 0.0302. The Kier molecular flexibility index (Phi) is 3.80. The number of amides is 1. The second-order valence-corrected chi connectivity index (χ2v) is 5.97. The maximum atomic E-state index is 11.9. The largest absolute Gasteiger partial charge is 0.494 e. The van der Waals surface area contributed by atoms with Crippen LogP contribution in [0.15, 0.2) is 23.2 Å². The number of carbonyl (C=O) groups is 1. The third-order valence-corrected chi connectivity index (χ3v) is 4.39. The molecule has 0 N–H and O–H groups in total. The summed E-state index contributed by atoms with van der Waals surface area (Å²) < 4.78 is 8.45. The third-order valence-electron chi connectivity index (χ3n) is 3.35. The first kappa shape index (κ1) is 13.9. The Balaban J connectivity index is 2.11. The van der Waals surface area contributed by atoms with Crippen LogP contribution in [0.1, 0.15) is 19.8 Å². The highest BCUT2D eigenvalue weighted by Crippen LogP contribution is 2.30. The Hall–Kier alpha value is -2.06. The molecule has 0 aliphatic heterocycles. The van der Waals surface area contributed by atoms with Gasteiger partial charge in [-0.2, -0.15) is 4.99 Å². The molecule has 4 nitrogen and oxygen atoms in total. The van der Waals surface area contributed by atoms with Crippen molar-refractivity contribution in [3.05, 3.63) is 23.0 Å². The smallest absolute Gasteiger partial charge is 0.251 e. The van der Waals surface area contributed by atoms with Gasteiger partial charge in [0.1, 0.15) is 5.75 Å². The number of carbonyl (C=O) groups excluding carboxylic acids is 1. The molecule has 5 heteroatoms. The van der Waals surface area contributed by atoms with Gasteiger partial charge in [-0.1, -0.05) is 17.3 Å². The molecule has 0 atom stereocenters. The summed E-state index contributed by atoms with van der Waals surface area (Å²) in [6.07, 6.45) is 7.35. The molecular weight excluding hydrogens is 284 g/mol. The third kappa shape index (κ3) is 2.86. The van der Waals surface area contributed by atoms with Gasteiger partial charge in [-0.25, -0.2) is 0 Å². The van der Waals surface area contributed by atoms with Crippen LogP contribution >= 0.6 is 11.3 Å². The molecule has 1 aliphatic rings. The monoisotopic (exact) mass is 300 g/mol. The Morgan fingerprint density at radius 3 is 3.05 bits per heavy atom. The Morgan fingerprint density at radius 2 is 2.38 bits per heavy atom. The van der Waals surface area contributed by atoms with Crippen LogP contribution in [0.3, 0.4) is 0 Å². The minimum Gasteiger partial charge on any atom is -0.494 e. The molecule has 2 aromatic rings. The van der Waals surface area contributed by atoms with E-state index in [-0.39, 0.29) is 11.8 Å². The fourth-order valence-electron chi connectivity index (χ4n) is 2.16. The van der Waals surface area contributed by atoms with E-state index in [2.05, 4.69) is 10.9 Å². The summed E-state index contributed by atoms with van der Waals surface area (Å²) in [5, 5.41) is 0. The lowest BCUT2D eigenvalue weighted by Crippen LogP contribution is -2.16. The highest BCUT2D eigenvalue weighted by atomic mass is 32.1. The average molecular weight is 300 g/mol. The van der Waals surface area contributed by atoms with E-state index in [1.165, 1.54) is 11.3 Å². The van der Waals surface area contributed by atoms with Crippen molar-refractivity contribution >= 4 is 27.5 Å². The van der Waals surface area contributed by atoms with E-state index >= 15 is 0 Å². The molecule has 1 heterocycles. The van der Waals surface area contributed by atoms with Crippen LogP contribution in [0.4, 0.5) is 0 Å². The maximum Gasteiger partial charge on any atom is 0.251 e. The summed E-state index contributed by atoms with van der Waals surface area (Å²) in [7, 11) is 0. The SMILES string of the molecule is C#CCn1c(=NC(=O)C2CC2)sc2cc(OCC)ccc21. The number of terminal acetylenes is 1. The number of hydrogen-bond acceptors (Lipinski definition) is 3. The van der Waals surface area contributed by atoms with E-state index in [1.54, 1.807) is 0 Å². The number of fused-ring (bicyclic) bond motifs is 1. The van der Waals surface area contributed by atoms with E-state index in [9.17, 15) is 4.79 Å². The van der Waals surface area contributed by atoms with Crippen LogP contribution in [0, 0.1) is 18.3 Å². The number of nitrogens with zero attached hydrogens (tertiary/aromatic N) is 2. The topological polar surface area (TPSA) is 43.6 Å². The molecule has 0 bridgehead atoms. The van der Waals surface area contributed by atoms with E-state index in [0.717, 1.165) is 28.8 Å². The van der Waals surface area contributed by atoms with Crippen LogP contribution in [0.2, 0.25) is 0 Å². The van der Waals surface area contributed by atoms with E-state index < -0.39 is 0 Å². The van der Waals surface area contributed by atoms with Gasteiger partial charge < -0.3 is 9.30 Å². The van der Waals surface area contributed by atoms with Crippen molar-refractivity contribution in [2.45, 2.75) is 26.3 Å². The Morgan fingerprint density at radius 1 is 1.57 bits per heavy atom. The summed E-state index contributed by atoms with van der Waals surface area (Å²) >= 11 is 1.48. The molecule has 1 saturated carbocycles. The molecule has 3 rings (SSSR count). The lowest BCUT2D eigenvalue weighted by Gasteiger charge is -2.03. The van der Waals surface area contributed by atoms with Crippen molar-refractivity contribution in [2.24, 2.45) is 10.9 Å². The van der Waals surface area contributed by atoms with E-state index in [4.69, 9.17) is 11.2 Å². The summed E-state index contributed by atoms with van der Waals surface area (Å²) in [6, 6.07) is 5.85. The highest BCUT2D eigenvalue weighted by Gasteiger charge is 2.29. The average Bonchev–Trinajstić information content (AvgIpc) is 3.26. The van der Waals surface area contributed by atoms with Gasteiger partial charge in [0.2, 0.25) is 0 Å². The van der Waals surface area contributed by atoms with Crippen LogP contribution < -0.4 is 9.54 Å². The fraction of sp³-hybridized carbons (Fsp3) is 0.375. The van der Waals surface area contributed by atoms with Gasteiger partial charge in [-0.05, 0) is 38.0 Å². The number of thiazole rings is 1. The molecule has 1 aromatic carbocycles. The molecular formula is C16H16N2O2S. The molecule has 0 saturated heterocycles. The molecule has 0 unspecified atom stereocenters. The van der Waals surface area contributed by atoms with Crippen molar-refractivity contribution in [1.29, 1.82) is 0 Å². The second kappa shape index (κ2) is 5.74. The summed E-state index contributed by atoms with van der Waals surface area (Å²) in [6.45, 7) is 2.98. The lowest BCUT2D eigenvalue weighted by molar-refractivity contribution is -0.119. The van der Waals surface area contributed by atoms with Crippen LogP contribution in [-0.4, -0.2) is 17.1 Å². The number of benzene rings is 1. The number of ether oxygens (including phenoxy) is 1.